The zero-order chi connectivity index (χ0) is 11.5. The summed E-state index contributed by atoms with van der Waals surface area (Å²) in [4.78, 5) is 24.2. The second kappa shape index (κ2) is 4.72. The molecule has 0 bridgehead atoms. The van der Waals surface area contributed by atoms with Gasteiger partial charge in [0, 0.05) is 6.54 Å². The van der Waals surface area contributed by atoms with Crippen molar-refractivity contribution in [2.75, 3.05) is 20.2 Å². The number of hydrogen-bond acceptors (Lipinski definition) is 3. The number of methoxy groups -OCH3 is 1. The van der Waals surface area contributed by atoms with Gasteiger partial charge in [-0.2, -0.15) is 0 Å². The molecule has 2 aliphatic rings. The first-order valence-corrected chi connectivity index (χ1v) is 5.83. The van der Waals surface area contributed by atoms with Crippen molar-refractivity contribution in [3.05, 3.63) is 0 Å². The third kappa shape index (κ3) is 2.28. The molecule has 16 heavy (non-hydrogen) atoms. The molecule has 0 aromatic rings. The fraction of sp³-hybridized carbons (Fsp3) is 0.818. The van der Waals surface area contributed by atoms with Gasteiger partial charge in [-0.25, -0.2) is 4.79 Å². The Morgan fingerprint density at radius 3 is 2.81 bits per heavy atom. The Hall–Kier alpha value is -1.26. The first-order valence-electron chi connectivity index (χ1n) is 5.83. The number of hydrogen-bond donors (Lipinski definition) is 1. The minimum absolute atomic E-state index is 0.0611. The molecule has 2 fully saturated rings. The molecule has 1 atom stereocenters. The van der Waals surface area contributed by atoms with Gasteiger partial charge < -0.3 is 15.0 Å². The van der Waals surface area contributed by atoms with Gasteiger partial charge in [-0.3, -0.25) is 4.79 Å². The fourth-order valence-corrected chi connectivity index (χ4v) is 2.60. The van der Waals surface area contributed by atoms with E-state index in [1.807, 2.05) is 0 Å². The Morgan fingerprint density at radius 1 is 1.50 bits per heavy atom. The second-order valence-corrected chi connectivity index (χ2v) is 4.56. The van der Waals surface area contributed by atoms with Gasteiger partial charge in [0.05, 0.1) is 13.2 Å². The van der Waals surface area contributed by atoms with Gasteiger partial charge in [-0.1, -0.05) is 12.8 Å². The summed E-state index contributed by atoms with van der Waals surface area (Å²) >= 11 is 0. The molecule has 1 saturated heterocycles. The summed E-state index contributed by atoms with van der Waals surface area (Å²) in [7, 11) is 1.34. The third-order valence-corrected chi connectivity index (χ3v) is 3.53. The first-order chi connectivity index (χ1) is 7.70. The molecule has 1 unspecified atom stereocenters. The molecule has 1 N–H and O–H groups in total. The van der Waals surface area contributed by atoms with Gasteiger partial charge in [0.15, 0.2) is 0 Å². The van der Waals surface area contributed by atoms with Crippen LogP contribution in [0.2, 0.25) is 0 Å². The molecule has 5 nitrogen and oxygen atoms in total. The van der Waals surface area contributed by atoms with Gasteiger partial charge in [0.1, 0.15) is 6.54 Å². The van der Waals surface area contributed by atoms with Crippen LogP contribution in [0.4, 0.5) is 4.79 Å². The van der Waals surface area contributed by atoms with Crippen molar-refractivity contribution in [1.82, 2.24) is 10.2 Å². The summed E-state index contributed by atoms with van der Waals surface area (Å²) in [6, 6.07) is 0.0851. The zero-order valence-corrected chi connectivity index (χ0v) is 9.57. The Balaban J connectivity index is 1.88. The molecule has 2 rings (SSSR count). The van der Waals surface area contributed by atoms with Crippen LogP contribution in [-0.2, 0) is 9.53 Å². The number of nitrogens with one attached hydrogen (secondary N) is 1. The van der Waals surface area contributed by atoms with E-state index in [-0.39, 0.29) is 24.6 Å². The van der Waals surface area contributed by atoms with Crippen LogP contribution >= 0.6 is 0 Å². The normalized spacial score (nSPS) is 25.9. The van der Waals surface area contributed by atoms with Crippen LogP contribution in [0.5, 0.6) is 0 Å². The van der Waals surface area contributed by atoms with Crippen LogP contribution in [-0.4, -0.2) is 43.1 Å². The zero-order valence-electron chi connectivity index (χ0n) is 9.57. The lowest BCUT2D eigenvalue weighted by molar-refractivity contribution is -0.141. The standard InChI is InChI=1S/C11H18N2O3/c1-16-10(14)7-13-6-9(12-11(13)15)8-4-2-3-5-8/h8-9H,2-7H2,1H3,(H,12,15). The summed E-state index contributed by atoms with van der Waals surface area (Å²) in [5, 5.41) is 2.95. The second-order valence-electron chi connectivity index (χ2n) is 4.56. The van der Waals surface area contributed by atoms with E-state index < -0.39 is 0 Å². The van der Waals surface area contributed by atoms with E-state index in [1.165, 1.54) is 37.7 Å². The Bertz CT molecular complexity index is 287. The topological polar surface area (TPSA) is 58.6 Å². The highest BCUT2D eigenvalue weighted by molar-refractivity contribution is 5.82. The Labute approximate surface area is 95.1 Å². The molecule has 1 saturated carbocycles. The summed E-state index contributed by atoms with van der Waals surface area (Å²) in [5.74, 6) is 0.230. The van der Waals surface area contributed by atoms with Crippen LogP contribution in [0.15, 0.2) is 0 Å². The van der Waals surface area contributed by atoms with Crippen molar-refractivity contribution in [2.24, 2.45) is 5.92 Å². The number of carbonyl (C=O) groups is 2. The van der Waals surface area contributed by atoms with Gasteiger partial charge in [-0.05, 0) is 18.8 Å². The number of carbonyl (C=O) groups excluding carboxylic acids is 2. The lowest BCUT2D eigenvalue weighted by atomic mass is 9.99. The molecular formula is C11H18N2O3. The van der Waals surface area contributed by atoms with E-state index >= 15 is 0 Å². The van der Waals surface area contributed by atoms with Gasteiger partial charge in [0.25, 0.3) is 0 Å². The minimum Gasteiger partial charge on any atom is -0.468 e. The van der Waals surface area contributed by atoms with Crippen LogP contribution in [0, 0.1) is 5.92 Å². The number of urea groups is 1. The van der Waals surface area contributed by atoms with Crippen LogP contribution in [0.1, 0.15) is 25.7 Å². The van der Waals surface area contributed by atoms with Gasteiger partial charge in [-0.15, -0.1) is 0 Å². The van der Waals surface area contributed by atoms with E-state index in [9.17, 15) is 9.59 Å². The van der Waals surface area contributed by atoms with Crippen molar-refractivity contribution < 1.29 is 14.3 Å². The number of nitrogens with zero attached hydrogens (tertiary/aromatic N) is 1. The maximum absolute atomic E-state index is 11.6. The molecular weight excluding hydrogens is 208 g/mol. The van der Waals surface area contributed by atoms with Crippen molar-refractivity contribution in [3.8, 4) is 0 Å². The van der Waals surface area contributed by atoms with Crippen LogP contribution < -0.4 is 5.32 Å². The predicted octanol–water partition coefficient (Wildman–Crippen LogP) is 0.743. The monoisotopic (exact) mass is 226 g/mol. The van der Waals surface area contributed by atoms with Crippen molar-refractivity contribution in [1.29, 1.82) is 0 Å². The van der Waals surface area contributed by atoms with E-state index in [2.05, 4.69) is 10.1 Å². The van der Waals surface area contributed by atoms with Crippen molar-refractivity contribution in [2.45, 2.75) is 31.7 Å². The largest absolute Gasteiger partial charge is 0.468 e. The highest BCUT2D eigenvalue weighted by Crippen LogP contribution is 2.29. The Kier molecular flexibility index (Phi) is 3.31. The van der Waals surface area contributed by atoms with Crippen LogP contribution in [0.25, 0.3) is 0 Å². The van der Waals surface area contributed by atoms with Crippen molar-refractivity contribution >= 4 is 12.0 Å². The average molecular weight is 226 g/mol. The van der Waals surface area contributed by atoms with E-state index in [1.54, 1.807) is 0 Å². The molecule has 90 valence electrons. The Morgan fingerprint density at radius 2 is 2.19 bits per heavy atom. The van der Waals surface area contributed by atoms with Gasteiger partial charge in [0.2, 0.25) is 0 Å². The predicted molar refractivity (Wildman–Crippen MR) is 57.9 cm³/mol. The number of rotatable bonds is 3. The molecule has 1 heterocycles. The number of ether oxygens (including phenoxy) is 1. The molecule has 0 aromatic carbocycles. The highest BCUT2D eigenvalue weighted by Gasteiger charge is 2.35. The molecule has 0 spiro atoms. The quantitative estimate of drug-likeness (QED) is 0.722. The lowest BCUT2D eigenvalue weighted by Gasteiger charge is -2.17. The maximum Gasteiger partial charge on any atom is 0.325 e. The number of amides is 2. The summed E-state index contributed by atoms with van der Waals surface area (Å²) in [6.07, 6.45) is 4.90. The van der Waals surface area contributed by atoms with E-state index in [0.717, 1.165) is 0 Å². The molecule has 0 aromatic heterocycles. The SMILES string of the molecule is COC(=O)CN1CC(C2CCCC2)NC1=O. The highest BCUT2D eigenvalue weighted by atomic mass is 16.5. The number of esters is 1. The van der Waals surface area contributed by atoms with Crippen LogP contribution in [0.3, 0.4) is 0 Å². The van der Waals surface area contributed by atoms with E-state index in [0.29, 0.717) is 12.5 Å². The average Bonchev–Trinajstić information content (AvgIpc) is 2.88. The van der Waals surface area contributed by atoms with E-state index in [4.69, 9.17) is 0 Å². The molecule has 1 aliphatic carbocycles. The maximum atomic E-state index is 11.6. The summed E-state index contributed by atoms with van der Waals surface area (Å²) in [6.45, 7) is 0.699. The lowest BCUT2D eigenvalue weighted by Crippen LogP contribution is -2.33. The fourth-order valence-electron chi connectivity index (χ4n) is 2.60. The smallest absolute Gasteiger partial charge is 0.325 e. The molecule has 5 heteroatoms. The van der Waals surface area contributed by atoms with Gasteiger partial charge >= 0.3 is 12.0 Å². The minimum atomic E-state index is -0.359. The molecule has 2 amide bonds. The van der Waals surface area contributed by atoms with Crippen molar-refractivity contribution in [3.63, 3.8) is 0 Å². The first kappa shape index (κ1) is 11.2. The third-order valence-electron chi connectivity index (χ3n) is 3.53. The summed E-state index contributed by atoms with van der Waals surface area (Å²) < 4.78 is 4.56. The molecule has 0 radical (unpaired) electrons. The molecule has 1 aliphatic heterocycles. The summed E-state index contributed by atoms with van der Waals surface area (Å²) in [5.41, 5.74) is 0.